The molecule has 0 saturated heterocycles. The topological polar surface area (TPSA) is 138 Å². The van der Waals surface area contributed by atoms with Crippen molar-refractivity contribution in [2.45, 2.75) is 32.4 Å². The fourth-order valence-corrected chi connectivity index (χ4v) is 2.82. The zero-order chi connectivity index (χ0) is 19.6. The first kappa shape index (κ1) is 18.5. The summed E-state index contributed by atoms with van der Waals surface area (Å²) in [4.78, 5) is 41.8. The Morgan fingerprint density at radius 3 is 2.63 bits per heavy atom. The van der Waals surface area contributed by atoms with E-state index in [0.29, 0.717) is 12.1 Å². The molecule has 6 N–H and O–H groups in total. The molecule has 0 bridgehead atoms. The van der Waals surface area contributed by atoms with E-state index in [1.165, 1.54) is 13.1 Å². The number of benzene rings is 1. The van der Waals surface area contributed by atoms with Crippen LogP contribution in [0.1, 0.15) is 18.2 Å². The van der Waals surface area contributed by atoms with Crippen molar-refractivity contribution in [3.05, 3.63) is 58.4 Å². The van der Waals surface area contributed by atoms with Crippen molar-refractivity contribution < 1.29 is 9.59 Å². The highest BCUT2D eigenvalue weighted by atomic mass is 16.2. The van der Waals surface area contributed by atoms with E-state index in [0.717, 1.165) is 21.1 Å². The van der Waals surface area contributed by atoms with Gasteiger partial charge in [-0.05, 0) is 31.9 Å². The number of aromatic nitrogens is 3. The zero-order valence-corrected chi connectivity index (χ0v) is 15.1. The van der Waals surface area contributed by atoms with Crippen LogP contribution in [0.3, 0.4) is 0 Å². The molecule has 0 aliphatic heterocycles. The number of rotatable bonds is 6. The number of aromatic amines is 2. The molecule has 3 aromatic rings. The van der Waals surface area contributed by atoms with Crippen LogP contribution in [0.5, 0.6) is 0 Å². The van der Waals surface area contributed by atoms with Gasteiger partial charge in [0.15, 0.2) is 0 Å². The molecule has 3 rings (SSSR count). The predicted molar refractivity (Wildman–Crippen MR) is 102 cm³/mol. The van der Waals surface area contributed by atoms with Crippen LogP contribution in [0, 0.1) is 6.92 Å². The molecule has 9 nitrogen and oxygen atoms in total. The second-order valence-corrected chi connectivity index (χ2v) is 6.45. The van der Waals surface area contributed by atoms with Crippen LogP contribution in [0.25, 0.3) is 10.9 Å². The first-order valence-electron chi connectivity index (χ1n) is 8.55. The number of nitrogens with two attached hydrogens (primary N) is 1. The fourth-order valence-electron chi connectivity index (χ4n) is 2.82. The third-order valence-corrected chi connectivity index (χ3v) is 4.39. The third kappa shape index (κ3) is 3.93. The minimum atomic E-state index is -0.854. The monoisotopic (exact) mass is 370 g/mol. The SMILES string of the molecule is Cc1c[nH]c(=O)n1NC(=O)[C@H](C)NC(=O)[C@H](N)Cc1c[nH]c2ccccc12. The Hall–Kier alpha value is -3.33. The van der Waals surface area contributed by atoms with Crippen LogP contribution in [0.15, 0.2) is 41.5 Å². The Kier molecular flexibility index (Phi) is 5.13. The van der Waals surface area contributed by atoms with Crippen molar-refractivity contribution in [2.75, 3.05) is 5.43 Å². The van der Waals surface area contributed by atoms with Gasteiger partial charge in [-0.15, -0.1) is 0 Å². The van der Waals surface area contributed by atoms with Gasteiger partial charge < -0.3 is 21.0 Å². The van der Waals surface area contributed by atoms with Crippen LogP contribution in [0.2, 0.25) is 0 Å². The quantitative estimate of drug-likeness (QED) is 0.420. The molecule has 0 aliphatic rings. The van der Waals surface area contributed by atoms with Crippen molar-refractivity contribution in [1.82, 2.24) is 20.0 Å². The summed E-state index contributed by atoms with van der Waals surface area (Å²) in [6.07, 6.45) is 3.64. The Labute approximate surface area is 154 Å². The van der Waals surface area contributed by atoms with Crippen molar-refractivity contribution >= 4 is 22.7 Å². The lowest BCUT2D eigenvalue weighted by molar-refractivity contribution is -0.127. The second-order valence-electron chi connectivity index (χ2n) is 6.45. The van der Waals surface area contributed by atoms with Crippen LogP contribution >= 0.6 is 0 Å². The molecule has 0 spiro atoms. The molecule has 9 heteroatoms. The number of nitrogens with one attached hydrogen (secondary N) is 4. The standard InChI is InChI=1S/C18H22N6O3/c1-10-8-21-18(27)24(10)23-16(25)11(2)22-17(26)14(19)7-12-9-20-15-6-4-3-5-13(12)15/h3-6,8-9,11,14,20H,7,19H2,1-2H3,(H,21,27)(H,22,26)(H,23,25)/t11-,14+/m0/s1. The molecule has 2 amide bonds. The molecular formula is C18H22N6O3. The first-order valence-corrected chi connectivity index (χ1v) is 8.55. The summed E-state index contributed by atoms with van der Waals surface area (Å²) in [7, 11) is 0. The van der Waals surface area contributed by atoms with E-state index in [1.54, 1.807) is 6.92 Å². The lowest BCUT2D eigenvalue weighted by atomic mass is 10.0. The van der Waals surface area contributed by atoms with Crippen molar-refractivity contribution in [1.29, 1.82) is 0 Å². The minimum Gasteiger partial charge on any atom is -0.361 e. The molecule has 1 aromatic carbocycles. The second kappa shape index (κ2) is 7.50. The number of carbonyl (C=O) groups is 2. The largest absolute Gasteiger partial charge is 0.361 e. The average molecular weight is 370 g/mol. The normalized spacial score (nSPS) is 13.3. The molecule has 2 atom stereocenters. The molecule has 2 aromatic heterocycles. The molecule has 0 saturated carbocycles. The van der Waals surface area contributed by atoms with Crippen molar-refractivity contribution in [2.24, 2.45) is 5.73 Å². The molecule has 0 aliphatic carbocycles. The molecule has 0 radical (unpaired) electrons. The van der Waals surface area contributed by atoms with Gasteiger partial charge in [-0.2, -0.15) is 0 Å². The lowest BCUT2D eigenvalue weighted by Gasteiger charge is -2.17. The summed E-state index contributed by atoms with van der Waals surface area (Å²) in [5.41, 5.74) is 10.4. The summed E-state index contributed by atoms with van der Waals surface area (Å²) in [6, 6.07) is 6.08. The number of hydrogen-bond donors (Lipinski definition) is 5. The molecule has 0 fully saturated rings. The number of para-hydroxylation sites is 1. The number of imidazole rings is 1. The maximum Gasteiger partial charge on any atom is 0.344 e. The van der Waals surface area contributed by atoms with E-state index >= 15 is 0 Å². The highest BCUT2D eigenvalue weighted by molar-refractivity contribution is 5.93. The minimum absolute atomic E-state index is 0.334. The highest BCUT2D eigenvalue weighted by Crippen LogP contribution is 2.18. The summed E-state index contributed by atoms with van der Waals surface area (Å²) in [6.45, 7) is 3.19. The Bertz CT molecular complexity index is 1030. The van der Waals surface area contributed by atoms with Gasteiger partial charge in [-0.1, -0.05) is 18.2 Å². The third-order valence-electron chi connectivity index (χ3n) is 4.39. The molecule has 2 heterocycles. The molecular weight excluding hydrogens is 348 g/mol. The van der Waals surface area contributed by atoms with Gasteiger partial charge in [-0.25, -0.2) is 9.47 Å². The zero-order valence-electron chi connectivity index (χ0n) is 15.1. The van der Waals surface area contributed by atoms with Gasteiger partial charge >= 0.3 is 5.69 Å². The van der Waals surface area contributed by atoms with E-state index in [9.17, 15) is 14.4 Å². The average Bonchev–Trinajstić information content (AvgIpc) is 3.19. The Morgan fingerprint density at radius 1 is 1.19 bits per heavy atom. The number of fused-ring (bicyclic) bond motifs is 1. The number of nitrogens with zero attached hydrogens (tertiary/aromatic N) is 1. The van der Waals surface area contributed by atoms with Gasteiger partial charge in [0, 0.05) is 23.3 Å². The van der Waals surface area contributed by atoms with E-state index in [-0.39, 0.29) is 0 Å². The van der Waals surface area contributed by atoms with Gasteiger partial charge in [0.05, 0.1) is 11.7 Å². The molecule has 0 unspecified atom stereocenters. The van der Waals surface area contributed by atoms with Crippen LogP contribution < -0.4 is 22.2 Å². The number of aryl methyl sites for hydroxylation is 1. The highest BCUT2D eigenvalue weighted by Gasteiger charge is 2.22. The van der Waals surface area contributed by atoms with Crippen molar-refractivity contribution in [3.63, 3.8) is 0 Å². The Morgan fingerprint density at radius 2 is 1.93 bits per heavy atom. The predicted octanol–water partition coefficient (Wildman–Crippen LogP) is 0.111. The number of H-pyrrole nitrogens is 2. The van der Waals surface area contributed by atoms with Gasteiger partial charge in [0.2, 0.25) is 5.91 Å². The summed E-state index contributed by atoms with van der Waals surface area (Å²) < 4.78 is 1.08. The lowest BCUT2D eigenvalue weighted by Crippen LogP contribution is -2.51. The smallest absolute Gasteiger partial charge is 0.344 e. The number of amides is 2. The van der Waals surface area contributed by atoms with Gasteiger partial charge in [0.1, 0.15) is 6.04 Å². The molecule has 142 valence electrons. The first-order chi connectivity index (χ1) is 12.9. The molecule has 27 heavy (non-hydrogen) atoms. The van der Waals surface area contributed by atoms with Crippen LogP contribution in [-0.4, -0.2) is 38.5 Å². The summed E-state index contributed by atoms with van der Waals surface area (Å²) in [5, 5.41) is 3.59. The maximum absolute atomic E-state index is 12.4. The fraction of sp³-hybridized carbons (Fsp3) is 0.278. The van der Waals surface area contributed by atoms with Crippen molar-refractivity contribution in [3.8, 4) is 0 Å². The van der Waals surface area contributed by atoms with E-state index in [4.69, 9.17) is 5.73 Å². The Balaban J connectivity index is 1.60. The van der Waals surface area contributed by atoms with E-state index in [2.05, 4.69) is 20.7 Å². The summed E-state index contributed by atoms with van der Waals surface area (Å²) >= 11 is 0. The van der Waals surface area contributed by atoms with Crippen LogP contribution in [0.4, 0.5) is 0 Å². The van der Waals surface area contributed by atoms with Gasteiger partial charge in [-0.3, -0.25) is 15.0 Å². The number of carbonyl (C=O) groups excluding carboxylic acids is 2. The van der Waals surface area contributed by atoms with Gasteiger partial charge in [0.25, 0.3) is 5.91 Å². The van der Waals surface area contributed by atoms with E-state index < -0.39 is 29.6 Å². The van der Waals surface area contributed by atoms with E-state index in [1.807, 2.05) is 30.5 Å². The summed E-state index contributed by atoms with van der Waals surface area (Å²) in [5.74, 6) is -0.964. The maximum atomic E-state index is 12.4. The number of hydrogen-bond acceptors (Lipinski definition) is 4. The van der Waals surface area contributed by atoms with Crippen LogP contribution in [-0.2, 0) is 16.0 Å².